The Morgan fingerprint density at radius 3 is 2.34 bits per heavy atom. The van der Waals surface area contributed by atoms with Crippen molar-refractivity contribution in [2.45, 2.75) is 51.4 Å². The normalized spacial score (nSPS) is 21.3. The number of carbonyl (C=O) groups is 6. The zero-order valence-corrected chi connectivity index (χ0v) is 17.6. The second kappa shape index (κ2) is 9.37. The maximum Gasteiger partial charge on any atom is 0.350 e. The van der Waals surface area contributed by atoms with Crippen LogP contribution >= 0.6 is 0 Å². The highest BCUT2D eigenvalue weighted by Gasteiger charge is 2.48. The lowest BCUT2D eigenvalue weighted by molar-refractivity contribution is -0.210. The number of carbonyl (C=O) groups excluding carboxylic acids is 6. The molecule has 2 heterocycles. The summed E-state index contributed by atoms with van der Waals surface area (Å²) in [5.41, 5.74) is 5.88. The number of nitrogens with two attached hydrogens (primary N) is 1. The first-order valence-corrected chi connectivity index (χ1v) is 10.2. The fourth-order valence-electron chi connectivity index (χ4n) is 3.66. The number of nitrogens with one attached hydrogen (secondary N) is 1. The third-order valence-corrected chi connectivity index (χ3v) is 5.65. The van der Waals surface area contributed by atoms with E-state index >= 15 is 0 Å². The molecule has 0 aromatic heterocycles. The monoisotopic (exact) mass is 444 g/mol. The minimum Gasteiger partial charge on any atom is -0.328 e. The van der Waals surface area contributed by atoms with Gasteiger partial charge in [-0.3, -0.25) is 29.4 Å². The molecule has 1 fully saturated rings. The summed E-state index contributed by atoms with van der Waals surface area (Å²) in [5, 5.41) is 2.89. The van der Waals surface area contributed by atoms with Crippen molar-refractivity contribution in [1.29, 1.82) is 0 Å². The van der Waals surface area contributed by atoms with E-state index in [0.29, 0.717) is 17.8 Å². The second-order valence-electron chi connectivity index (χ2n) is 7.71. The van der Waals surface area contributed by atoms with Crippen LogP contribution in [0.25, 0.3) is 0 Å². The van der Waals surface area contributed by atoms with Gasteiger partial charge in [-0.2, -0.15) is 0 Å². The molecule has 0 radical (unpaired) electrons. The summed E-state index contributed by atoms with van der Waals surface area (Å²) in [6.07, 6.45) is -0.539. The molecule has 1 saturated heterocycles. The van der Waals surface area contributed by atoms with Crippen molar-refractivity contribution in [3.8, 4) is 0 Å². The summed E-state index contributed by atoms with van der Waals surface area (Å²) < 4.78 is 0. The van der Waals surface area contributed by atoms with E-state index in [9.17, 15) is 28.8 Å². The van der Waals surface area contributed by atoms with E-state index in [1.807, 2.05) is 0 Å². The number of aldehydes is 1. The van der Waals surface area contributed by atoms with E-state index in [4.69, 9.17) is 10.6 Å². The molecule has 2 aliphatic rings. The van der Waals surface area contributed by atoms with E-state index in [-0.39, 0.29) is 29.9 Å². The molecule has 11 heteroatoms. The van der Waals surface area contributed by atoms with Crippen LogP contribution < -0.4 is 11.1 Å². The molecular formula is C21H24N4O7. The minimum atomic E-state index is -1.29. The topological polar surface area (TPSA) is 156 Å². The lowest BCUT2D eigenvalue weighted by atomic mass is 9.99. The predicted octanol–water partition coefficient (Wildman–Crippen LogP) is -0.254. The van der Waals surface area contributed by atoms with Crippen LogP contribution in [-0.4, -0.2) is 64.1 Å². The molecule has 3 N–H and O–H groups in total. The summed E-state index contributed by atoms with van der Waals surface area (Å²) >= 11 is 0. The molecule has 3 unspecified atom stereocenters. The summed E-state index contributed by atoms with van der Waals surface area (Å²) in [6.45, 7) is 3.51. The highest BCUT2D eigenvalue weighted by atomic mass is 16.7. The molecule has 3 rings (SSSR count). The van der Waals surface area contributed by atoms with Gasteiger partial charge in [0.15, 0.2) is 6.29 Å². The van der Waals surface area contributed by atoms with Crippen molar-refractivity contribution in [3.63, 3.8) is 0 Å². The van der Waals surface area contributed by atoms with E-state index in [1.165, 1.54) is 12.1 Å². The average molecular weight is 444 g/mol. The average Bonchev–Trinajstić information content (AvgIpc) is 3.04. The van der Waals surface area contributed by atoms with Crippen molar-refractivity contribution in [3.05, 3.63) is 35.4 Å². The van der Waals surface area contributed by atoms with Gasteiger partial charge in [0.2, 0.25) is 0 Å². The zero-order chi connectivity index (χ0) is 23.6. The number of hydroxylamine groups is 2. The van der Waals surface area contributed by atoms with E-state index < -0.39 is 47.8 Å². The van der Waals surface area contributed by atoms with Gasteiger partial charge in [0.1, 0.15) is 18.2 Å². The van der Waals surface area contributed by atoms with Crippen molar-refractivity contribution in [2.75, 3.05) is 0 Å². The third-order valence-electron chi connectivity index (χ3n) is 5.65. The van der Waals surface area contributed by atoms with Gasteiger partial charge in [0.05, 0.1) is 11.1 Å². The molecule has 0 aliphatic carbocycles. The Labute approximate surface area is 183 Å². The van der Waals surface area contributed by atoms with Crippen molar-refractivity contribution >= 4 is 35.9 Å². The first-order chi connectivity index (χ1) is 15.2. The largest absolute Gasteiger partial charge is 0.350 e. The quantitative estimate of drug-likeness (QED) is 0.313. The van der Waals surface area contributed by atoms with Crippen LogP contribution in [0.5, 0.6) is 0 Å². The van der Waals surface area contributed by atoms with Gasteiger partial charge in [-0.25, -0.2) is 4.79 Å². The molecule has 0 spiro atoms. The molecule has 4 atom stereocenters. The number of rotatable bonds is 8. The summed E-state index contributed by atoms with van der Waals surface area (Å²) in [5.74, 6) is -4.40. The predicted molar refractivity (Wildman–Crippen MR) is 108 cm³/mol. The van der Waals surface area contributed by atoms with Gasteiger partial charge in [-0.1, -0.05) is 32.4 Å². The van der Waals surface area contributed by atoms with Crippen molar-refractivity contribution in [1.82, 2.24) is 15.3 Å². The molecule has 4 amide bonds. The highest BCUT2D eigenvalue weighted by molar-refractivity contribution is 6.23. The molecule has 0 bridgehead atoms. The number of nitrogens with zero attached hydrogens (tertiary/aromatic N) is 2. The molecule has 1 aromatic rings. The fourth-order valence-corrected chi connectivity index (χ4v) is 3.66. The van der Waals surface area contributed by atoms with Crippen molar-refractivity contribution < 1.29 is 33.6 Å². The van der Waals surface area contributed by atoms with Crippen LogP contribution in [0.3, 0.4) is 0 Å². The second-order valence-corrected chi connectivity index (χ2v) is 7.71. The molecule has 170 valence electrons. The lowest BCUT2D eigenvalue weighted by Gasteiger charge is -2.34. The van der Waals surface area contributed by atoms with Crippen molar-refractivity contribution in [2.24, 2.45) is 11.7 Å². The summed E-state index contributed by atoms with van der Waals surface area (Å²) in [6, 6.07) is 3.79. The van der Waals surface area contributed by atoms with E-state index in [2.05, 4.69) is 5.32 Å². The molecular weight excluding hydrogens is 420 g/mol. The number of hydrogen-bond donors (Lipinski definition) is 2. The number of piperidine rings is 1. The summed E-state index contributed by atoms with van der Waals surface area (Å²) in [7, 11) is 0. The summed E-state index contributed by atoms with van der Waals surface area (Å²) in [4.78, 5) is 80.4. The first kappa shape index (κ1) is 23.2. The number of hydrogen-bond acceptors (Lipinski definition) is 9. The van der Waals surface area contributed by atoms with Crippen LogP contribution in [0.4, 0.5) is 0 Å². The Hall–Kier alpha value is -3.44. The Kier molecular flexibility index (Phi) is 6.80. The van der Waals surface area contributed by atoms with Gasteiger partial charge in [0, 0.05) is 6.42 Å². The van der Waals surface area contributed by atoms with Gasteiger partial charge in [-0.15, -0.1) is 5.06 Å². The Balaban J connectivity index is 1.81. The molecule has 1 aromatic carbocycles. The highest BCUT2D eigenvalue weighted by Crippen LogP contribution is 2.29. The first-order valence-electron chi connectivity index (χ1n) is 10.2. The minimum absolute atomic E-state index is 0.0831. The van der Waals surface area contributed by atoms with Gasteiger partial charge >= 0.3 is 5.97 Å². The van der Waals surface area contributed by atoms with Gasteiger partial charge in [0.25, 0.3) is 23.6 Å². The SMILES string of the molecule is CCC(C)C(NC(N)C=O)C(=O)ON1C(=O)CC[C@H](N2C(=O)c3ccccc3C2=O)C1=O. The smallest absolute Gasteiger partial charge is 0.328 e. The van der Waals surface area contributed by atoms with Crippen LogP contribution in [0, 0.1) is 5.92 Å². The van der Waals surface area contributed by atoms with Crippen LogP contribution in [0.1, 0.15) is 53.8 Å². The van der Waals surface area contributed by atoms with E-state index in [1.54, 1.807) is 26.0 Å². The maximum atomic E-state index is 13.0. The van der Waals surface area contributed by atoms with Gasteiger partial charge in [-0.05, 0) is 24.5 Å². The molecule has 2 aliphatic heterocycles. The molecule has 11 nitrogen and oxygen atoms in total. The zero-order valence-electron chi connectivity index (χ0n) is 17.6. The third kappa shape index (κ3) is 4.16. The van der Waals surface area contributed by atoms with Crippen LogP contribution in [0.2, 0.25) is 0 Å². The standard InChI is InChI=1S/C21H24N4O7/c1-3-11(2)17(23-15(22)10-26)21(31)32-25-16(27)9-8-14(20(25)30)24-18(28)12-6-4-5-7-13(12)19(24)29/h4-7,10-11,14-15,17,23H,3,8-9,22H2,1-2H3/t11?,14-,15?,17?/m0/s1. The Morgan fingerprint density at radius 1 is 1.22 bits per heavy atom. The van der Waals surface area contributed by atoms with Gasteiger partial charge < -0.3 is 15.4 Å². The number of fused-ring (bicyclic) bond motifs is 1. The maximum absolute atomic E-state index is 13.0. The number of amides is 4. The molecule has 0 saturated carbocycles. The molecule has 32 heavy (non-hydrogen) atoms. The Morgan fingerprint density at radius 2 is 1.81 bits per heavy atom. The van der Waals surface area contributed by atoms with Crippen LogP contribution in [-0.2, 0) is 24.0 Å². The van der Waals surface area contributed by atoms with E-state index in [0.717, 1.165) is 4.90 Å². The Bertz CT molecular complexity index is 944. The lowest BCUT2D eigenvalue weighted by Crippen LogP contribution is -2.58. The number of imide groups is 2. The van der Waals surface area contributed by atoms with Crippen LogP contribution in [0.15, 0.2) is 24.3 Å². The fraction of sp³-hybridized carbons (Fsp3) is 0.429. The number of benzene rings is 1.